The second kappa shape index (κ2) is 11.2. The Labute approximate surface area is 177 Å². The molecule has 8 nitrogen and oxygen atoms in total. The van der Waals surface area contributed by atoms with Crippen LogP contribution < -0.4 is 10.6 Å². The molecule has 0 radical (unpaired) electrons. The predicted octanol–water partition coefficient (Wildman–Crippen LogP) is 0.387. The number of amides is 2. The van der Waals surface area contributed by atoms with E-state index in [2.05, 4.69) is 10.6 Å². The van der Waals surface area contributed by atoms with Crippen LogP contribution in [0.15, 0.2) is 42.5 Å². The molecule has 0 unspecified atom stereocenters. The first kappa shape index (κ1) is 22.4. The van der Waals surface area contributed by atoms with E-state index >= 15 is 0 Å². The normalized spacial score (nSPS) is 25.5. The average molecular weight is 418 g/mol. The first-order chi connectivity index (χ1) is 14.5. The third-order valence-corrected chi connectivity index (χ3v) is 5.33. The number of benzene rings is 1. The van der Waals surface area contributed by atoms with E-state index in [1.165, 1.54) is 0 Å². The van der Waals surface area contributed by atoms with Gasteiger partial charge < -0.3 is 25.2 Å². The highest BCUT2D eigenvalue weighted by Crippen LogP contribution is 2.17. The molecule has 1 aromatic rings. The van der Waals surface area contributed by atoms with Crippen molar-refractivity contribution in [3.8, 4) is 0 Å². The van der Waals surface area contributed by atoms with E-state index in [-0.39, 0.29) is 37.4 Å². The van der Waals surface area contributed by atoms with Crippen LogP contribution in [-0.4, -0.2) is 79.5 Å². The fraction of sp³-hybridized carbons (Fsp3) is 0.545. The van der Waals surface area contributed by atoms with Gasteiger partial charge in [0.25, 0.3) is 0 Å². The Hall–Kier alpha value is -2.26. The molecule has 2 amide bonds. The lowest BCUT2D eigenvalue weighted by atomic mass is 10.0. The molecule has 164 valence electrons. The molecule has 0 spiro atoms. The quantitative estimate of drug-likeness (QED) is 0.529. The molecule has 4 atom stereocenters. The van der Waals surface area contributed by atoms with Gasteiger partial charge in [0.1, 0.15) is 6.10 Å². The van der Waals surface area contributed by atoms with Crippen molar-refractivity contribution in [2.45, 2.75) is 37.6 Å². The number of carbonyl (C=O) groups is 2. The molecule has 3 rings (SSSR count). The number of ether oxygens (including phenoxy) is 2. The summed E-state index contributed by atoms with van der Waals surface area (Å²) in [6, 6.07) is 9.21. The number of hydrogen-bond acceptors (Lipinski definition) is 6. The van der Waals surface area contributed by atoms with Gasteiger partial charge in [0.05, 0.1) is 51.0 Å². The highest BCUT2D eigenvalue weighted by Gasteiger charge is 2.29. The van der Waals surface area contributed by atoms with Gasteiger partial charge in [0.15, 0.2) is 0 Å². The molecule has 0 saturated carbocycles. The summed E-state index contributed by atoms with van der Waals surface area (Å²) < 4.78 is 11.1. The maximum absolute atomic E-state index is 12.4. The van der Waals surface area contributed by atoms with Crippen LogP contribution in [0.2, 0.25) is 0 Å². The van der Waals surface area contributed by atoms with Gasteiger partial charge in [-0.25, -0.2) is 0 Å². The van der Waals surface area contributed by atoms with Gasteiger partial charge in [-0.1, -0.05) is 42.5 Å². The third-order valence-electron chi connectivity index (χ3n) is 5.33. The summed E-state index contributed by atoms with van der Waals surface area (Å²) in [4.78, 5) is 26.8. The van der Waals surface area contributed by atoms with E-state index < -0.39 is 18.2 Å². The first-order valence-corrected chi connectivity index (χ1v) is 10.4. The molecule has 8 heteroatoms. The molecule has 2 aliphatic rings. The minimum atomic E-state index is -0.590. The van der Waals surface area contributed by atoms with E-state index in [1.807, 2.05) is 42.2 Å². The van der Waals surface area contributed by atoms with E-state index in [0.717, 1.165) is 18.7 Å². The molecule has 1 aromatic carbocycles. The minimum absolute atomic E-state index is 0.105. The van der Waals surface area contributed by atoms with Gasteiger partial charge in [-0.15, -0.1) is 0 Å². The van der Waals surface area contributed by atoms with Crippen LogP contribution in [0.3, 0.4) is 0 Å². The molecule has 2 heterocycles. The number of carbonyl (C=O) groups excluding carboxylic acids is 2. The van der Waals surface area contributed by atoms with Crippen molar-refractivity contribution >= 4 is 11.8 Å². The summed E-state index contributed by atoms with van der Waals surface area (Å²) in [7, 11) is 0. The number of rotatable bonds is 8. The Kier molecular flexibility index (Phi) is 8.39. The molecule has 0 aromatic heterocycles. The Balaban J connectivity index is 1.47. The van der Waals surface area contributed by atoms with E-state index in [1.54, 1.807) is 12.2 Å². The maximum atomic E-state index is 12.4. The van der Waals surface area contributed by atoms with Crippen molar-refractivity contribution in [3.05, 3.63) is 48.0 Å². The first-order valence-electron chi connectivity index (χ1n) is 10.4. The topological polar surface area (TPSA) is 100 Å². The van der Waals surface area contributed by atoms with Gasteiger partial charge in [-0.05, 0) is 12.5 Å². The average Bonchev–Trinajstić information content (AvgIpc) is 2.76. The summed E-state index contributed by atoms with van der Waals surface area (Å²) in [6.07, 6.45) is 2.70. The largest absolute Gasteiger partial charge is 0.394 e. The van der Waals surface area contributed by atoms with Crippen LogP contribution in [0.5, 0.6) is 0 Å². The summed E-state index contributed by atoms with van der Waals surface area (Å²) in [6.45, 7) is 4.69. The SMILES string of the molecule is C[C@H](NC(=O)C[C@@H]1C=C[C@@H](NC(=O)CN2CCOCC2)[C@H](CO)O1)c1ccccc1. The van der Waals surface area contributed by atoms with E-state index in [0.29, 0.717) is 13.2 Å². The summed E-state index contributed by atoms with van der Waals surface area (Å²) >= 11 is 0. The predicted molar refractivity (Wildman–Crippen MR) is 112 cm³/mol. The Bertz CT molecular complexity index is 721. The third kappa shape index (κ3) is 6.63. The van der Waals surface area contributed by atoms with Crippen molar-refractivity contribution < 1.29 is 24.2 Å². The van der Waals surface area contributed by atoms with Crippen molar-refractivity contribution in [2.24, 2.45) is 0 Å². The molecule has 0 aliphatic carbocycles. The number of hydrogen-bond donors (Lipinski definition) is 3. The number of aliphatic hydroxyl groups excluding tert-OH is 1. The monoisotopic (exact) mass is 417 g/mol. The molecular formula is C22H31N3O5. The van der Waals surface area contributed by atoms with Crippen LogP contribution in [0.1, 0.15) is 24.9 Å². The van der Waals surface area contributed by atoms with E-state index in [9.17, 15) is 14.7 Å². The van der Waals surface area contributed by atoms with Crippen LogP contribution in [-0.2, 0) is 19.1 Å². The lowest BCUT2D eigenvalue weighted by molar-refractivity contribution is -0.129. The Morgan fingerprint density at radius 2 is 1.90 bits per heavy atom. The van der Waals surface area contributed by atoms with Crippen LogP contribution in [0, 0.1) is 0 Å². The van der Waals surface area contributed by atoms with Gasteiger partial charge in [0, 0.05) is 13.1 Å². The number of nitrogens with zero attached hydrogens (tertiary/aromatic N) is 1. The molecule has 30 heavy (non-hydrogen) atoms. The highest BCUT2D eigenvalue weighted by atomic mass is 16.5. The molecule has 1 fully saturated rings. The second-order valence-electron chi connectivity index (χ2n) is 7.67. The summed E-state index contributed by atoms with van der Waals surface area (Å²) in [5.41, 5.74) is 1.03. The number of morpholine rings is 1. The molecule has 1 saturated heterocycles. The molecular weight excluding hydrogens is 386 g/mol. The van der Waals surface area contributed by atoms with Crippen molar-refractivity contribution in [1.29, 1.82) is 0 Å². The lowest BCUT2D eigenvalue weighted by Crippen LogP contribution is -2.52. The summed E-state index contributed by atoms with van der Waals surface area (Å²) in [5.74, 6) is -0.256. The lowest BCUT2D eigenvalue weighted by Gasteiger charge is -2.33. The minimum Gasteiger partial charge on any atom is -0.394 e. The van der Waals surface area contributed by atoms with Crippen LogP contribution >= 0.6 is 0 Å². The van der Waals surface area contributed by atoms with Gasteiger partial charge >= 0.3 is 0 Å². The zero-order valence-corrected chi connectivity index (χ0v) is 17.3. The Morgan fingerprint density at radius 3 is 2.60 bits per heavy atom. The summed E-state index contributed by atoms with van der Waals surface area (Å²) in [5, 5.41) is 15.6. The Morgan fingerprint density at radius 1 is 1.17 bits per heavy atom. The molecule has 3 N–H and O–H groups in total. The van der Waals surface area contributed by atoms with Crippen LogP contribution in [0.4, 0.5) is 0 Å². The van der Waals surface area contributed by atoms with Gasteiger partial charge in [0.2, 0.25) is 11.8 Å². The second-order valence-corrected chi connectivity index (χ2v) is 7.67. The van der Waals surface area contributed by atoms with Crippen molar-refractivity contribution in [2.75, 3.05) is 39.5 Å². The number of nitrogens with one attached hydrogen (secondary N) is 2. The zero-order chi connectivity index (χ0) is 21.3. The maximum Gasteiger partial charge on any atom is 0.234 e. The highest BCUT2D eigenvalue weighted by molar-refractivity contribution is 5.79. The standard InChI is InChI=1S/C22H31N3O5/c1-16(17-5-3-2-4-6-17)23-21(27)13-18-7-8-19(20(15-26)30-18)24-22(28)14-25-9-11-29-12-10-25/h2-8,16,18-20,26H,9-15H2,1H3,(H,23,27)(H,24,28)/t16-,18-,19+,20-/m0/s1. The zero-order valence-electron chi connectivity index (χ0n) is 17.3. The van der Waals surface area contributed by atoms with Crippen molar-refractivity contribution in [1.82, 2.24) is 15.5 Å². The molecule has 2 aliphatic heterocycles. The van der Waals surface area contributed by atoms with Gasteiger partial charge in [-0.2, -0.15) is 0 Å². The fourth-order valence-electron chi connectivity index (χ4n) is 3.64. The molecule has 0 bridgehead atoms. The van der Waals surface area contributed by atoms with E-state index in [4.69, 9.17) is 9.47 Å². The van der Waals surface area contributed by atoms with Crippen molar-refractivity contribution in [3.63, 3.8) is 0 Å². The number of aliphatic hydroxyl groups is 1. The fourth-order valence-corrected chi connectivity index (χ4v) is 3.64. The van der Waals surface area contributed by atoms with Crippen LogP contribution in [0.25, 0.3) is 0 Å². The van der Waals surface area contributed by atoms with Gasteiger partial charge in [-0.3, -0.25) is 14.5 Å². The smallest absolute Gasteiger partial charge is 0.234 e.